The largest absolute Gasteiger partial charge is 0.494 e. The molecule has 208 valence electrons. The van der Waals surface area contributed by atoms with Crippen LogP contribution in [0.4, 0.5) is 31.1 Å². The number of aromatic nitrogens is 5. The van der Waals surface area contributed by atoms with Crippen LogP contribution in [0, 0.1) is 0 Å². The van der Waals surface area contributed by atoms with Gasteiger partial charge in [0.25, 0.3) is 12.3 Å². The standard InChI is InChI=1S/C22H25F6N7O3/c1-4-34(21(36)33-13(18(24)25)6-5-7-23)17(22(26,27)28)14-8-12(16(37-2)9-29-14)15-10-35-19(30-11-31-35)20(32-15)38-3/h8-11,13,17-18H,4-7H2,1-3H3,(H,33,36). The van der Waals surface area contributed by atoms with E-state index in [2.05, 4.69) is 20.1 Å². The number of nitrogens with zero attached hydrogens (tertiary/aromatic N) is 6. The monoisotopic (exact) mass is 549 g/mol. The molecule has 3 heterocycles. The summed E-state index contributed by atoms with van der Waals surface area (Å²) in [7, 11) is 2.61. The van der Waals surface area contributed by atoms with Crippen LogP contribution < -0.4 is 14.8 Å². The number of amides is 2. The van der Waals surface area contributed by atoms with Gasteiger partial charge in [-0.15, -0.1) is 0 Å². The third-order valence-electron chi connectivity index (χ3n) is 5.57. The van der Waals surface area contributed by atoms with Gasteiger partial charge in [0, 0.05) is 12.1 Å². The maximum absolute atomic E-state index is 14.4. The van der Waals surface area contributed by atoms with Crippen LogP contribution in [0.15, 0.2) is 24.8 Å². The first-order chi connectivity index (χ1) is 18.0. The molecule has 0 aliphatic rings. The lowest BCUT2D eigenvalue weighted by Crippen LogP contribution is -2.51. The smallest absolute Gasteiger partial charge is 0.414 e. The number of carbonyl (C=O) groups excluding carboxylic acids is 1. The molecule has 0 saturated heterocycles. The van der Waals surface area contributed by atoms with Crippen LogP contribution in [-0.2, 0) is 0 Å². The van der Waals surface area contributed by atoms with Crippen LogP contribution in [0.3, 0.4) is 0 Å². The van der Waals surface area contributed by atoms with E-state index in [0.717, 1.165) is 12.3 Å². The van der Waals surface area contributed by atoms with Crippen molar-refractivity contribution < 1.29 is 40.6 Å². The predicted octanol–water partition coefficient (Wildman–Crippen LogP) is 4.22. The number of hydrogen-bond acceptors (Lipinski definition) is 7. The topological polar surface area (TPSA) is 107 Å². The van der Waals surface area contributed by atoms with Gasteiger partial charge in [-0.1, -0.05) is 0 Å². The highest BCUT2D eigenvalue weighted by molar-refractivity contribution is 5.75. The second-order valence-corrected chi connectivity index (χ2v) is 7.92. The highest BCUT2D eigenvalue weighted by Gasteiger charge is 2.48. The Kier molecular flexibility index (Phi) is 9.17. The number of hydrogen-bond donors (Lipinski definition) is 1. The van der Waals surface area contributed by atoms with Gasteiger partial charge in [-0.2, -0.15) is 18.3 Å². The number of nitrogens with one attached hydrogen (secondary N) is 1. The van der Waals surface area contributed by atoms with E-state index in [0.29, 0.717) is 4.90 Å². The van der Waals surface area contributed by atoms with Crippen molar-refractivity contribution in [3.05, 3.63) is 30.5 Å². The zero-order valence-corrected chi connectivity index (χ0v) is 20.5. The summed E-state index contributed by atoms with van der Waals surface area (Å²) in [5.41, 5.74) is -0.208. The van der Waals surface area contributed by atoms with Gasteiger partial charge in [0.15, 0.2) is 6.04 Å². The number of ether oxygens (including phenoxy) is 2. The van der Waals surface area contributed by atoms with E-state index in [1.54, 1.807) is 0 Å². The van der Waals surface area contributed by atoms with Gasteiger partial charge in [-0.3, -0.25) is 9.37 Å². The van der Waals surface area contributed by atoms with Gasteiger partial charge in [-0.25, -0.2) is 28.1 Å². The van der Waals surface area contributed by atoms with Crippen molar-refractivity contribution >= 4 is 11.7 Å². The number of urea groups is 1. The summed E-state index contributed by atoms with van der Waals surface area (Å²) in [5, 5.41) is 5.89. The number of rotatable bonds is 11. The van der Waals surface area contributed by atoms with E-state index in [4.69, 9.17) is 9.47 Å². The molecular weight excluding hydrogens is 524 g/mol. The number of pyridine rings is 1. The van der Waals surface area contributed by atoms with Crippen LogP contribution in [0.1, 0.15) is 31.5 Å². The van der Waals surface area contributed by atoms with Gasteiger partial charge < -0.3 is 19.7 Å². The molecule has 0 spiro atoms. The number of methoxy groups -OCH3 is 2. The average Bonchev–Trinajstić information content (AvgIpc) is 3.36. The van der Waals surface area contributed by atoms with Crippen molar-refractivity contribution in [1.29, 1.82) is 0 Å². The molecule has 38 heavy (non-hydrogen) atoms. The molecule has 16 heteroatoms. The van der Waals surface area contributed by atoms with E-state index in [1.807, 2.05) is 5.32 Å². The van der Waals surface area contributed by atoms with E-state index in [9.17, 15) is 31.1 Å². The maximum atomic E-state index is 14.4. The van der Waals surface area contributed by atoms with Crippen molar-refractivity contribution in [2.75, 3.05) is 27.4 Å². The fourth-order valence-electron chi connectivity index (χ4n) is 3.79. The quantitative estimate of drug-likeness (QED) is 0.357. The Bertz CT molecular complexity index is 1240. The third-order valence-corrected chi connectivity index (χ3v) is 5.57. The molecule has 3 rings (SSSR count). The molecule has 10 nitrogen and oxygen atoms in total. The Morgan fingerprint density at radius 1 is 1.21 bits per heavy atom. The highest BCUT2D eigenvalue weighted by atomic mass is 19.4. The molecule has 0 radical (unpaired) electrons. The van der Waals surface area contributed by atoms with Crippen LogP contribution in [-0.4, -0.2) is 81.6 Å². The summed E-state index contributed by atoms with van der Waals surface area (Å²) in [4.78, 5) is 25.2. The maximum Gasteiger partial charge on any atom is 0.414 e. The SMILES string of the molecule is CCN(C(=O)NC(CCCF)C(F)F)C(c1cc(-c2cn3ncnc3c(OC)n2)c(OC)cn1)C(F)(F)F. The van der Waals surface area contributed by atoms with Gasteiger partial charge in [0.2, 0.25) is 5.65 Å². The Labute approximate surface area is 213 Å². The van der Waals surface area contributed by atoms with Crippen LogP contribution in [0.2, 0.25) is 0 Å². The van der Waals surface area contributed by atoms with Crippen molar-refractivity contribution in [3.63, 3.8) is 0 Å². The average molecular weight is 549 g/mol. The Hall–Kier alpha value is -3.85. The molecule has 2 amide bonds. The Morgan fingerprint density at radius 3 is 2.53 bits per heavy atom. The van der Waals surface area contributed by atoms with E-state index in [1.165, 1.54) is 38.2 Å². The molecule has 2 unspecified atom stereocenters. The minimum absolute atomic E-state index is 0.0358. The fraction of sp³-hybridized carbons (Fsp3) is 0.500. The van der Waals surface area contributed by atoms with Crippen LogP contribution in [0.25, 0.3) is 16.9 Å². The molecule has 0 saturated carbocycles. The van der Waals surface area contributed by atoms with Gasteiger partial charge >= 0.3 is 12.2 Å². The third kappa shape index (κ3) is 6.16. The lowest BCUT2D eigenvalue weighted by molar-refractivity contribution is -0.179. The van der Waals surface area contributed by atoms with E-state index in [-0.39, 0.29) is 35.0 Å². The highest BCUT2D eigenvalue weighted by Crippen LogP contribution is 2.40. The van der Waals surface area contributed by atoms with Crippen molar-refractivity contribution in [3.8, 4) is 22.9 Å². The van der Waals surface area contributed by atoms with Gasteiger partial charge in [0.05, 0.1) is 50.7 Å². The minimum atomic E-state index is -5.05. The molecule has 0 bridgehead atoms. The molecule has 1 N–H and O–H groups in total. The van der Waals surface area contributed by atoms with Crippen molar-refractivity contribution in [2.45, 2.75) is 44.5 Å². The fourth-order valence-corrected chi connectivity index (χ4v) is 3.79. The zero-order valence-electron chi connectivity index (χ0n) is 20.5. The molecule has 0 aliphatic heterocycles. The molecule has 0 aromatic carbocycles. The first kappa shape index (κ1) is 28.7. The molecular formula is C22H25F6N7O3. The minimum Gasteiger partial charge on any atom is -0.494 e. The van der Waals surface area contributed by atoms with Crippen LogP contribution in [0.5, 0.6) is 11.6 Å². The van der Waals surface area contributed by atoms with E-state index >= 15 is 0 Å². The van der Waals surface area contributed by atoms with Gasteiger partial charge in [0.1, 0.15) is 12.1 Å². The normalized spacial score (nSPS) is 13.4. The zero-order chi connectivity index (χ0) is 28.0. The predicted molar refractivity (Wildman–Crippen MR) is 122 cm³/mol. The second-order valence-electron chi connectivity index (χ2n) is 7.92. The Balaban J connectivity index is 2.07. The molecule has 3 aromatic rings. The summed E-state index contributed by atoms with van der Waals surface area (Å²) in [5.74, 6) is 0.0915. The lowest BCUT2D eigenvalue weighted by Gasteiger charge is -2.33. The molecule has 0 fully saturated rings. The molecule has 3 aromatic heterocycles. The second kappa shape index (κ2) is 12.1. The number of halogens is 6. The number of carbonyl (C=O) groups is 1. The lowest BCUT2D eigenvalue weighted by atomic mass is 10.1. The van der Waals surface area contributed by atoms with Gasteiger partial charge in [-0.05, 0) is 25.8 Å². The first-order valence-corrected chi connectivity index (χ1v) is 11.3. The van der Waals surface area contributed by atoms with E-state index < -0.39 is 56.1 Å². The summed E-state index contributed by atoms with van der Waals surface area (Å²) >= 11 is 0. The number of fused-ring (bicyclic) bond motifs is 1. The first-order valence-electron chi connectivity index (χ1n) is 11.3. The Morgan fingerprint density at radius 2 is 1.95 bits per heavy atom. The van der Waals surface area contributed by atoms with Crippen molar-refractivity contribution in [1.82, 2.24) is 34.8 Å². The summed E-state index contributed by atoms with van der Waals surface area (Å²) in [6.07, 6.45) is -5.25. The molecule has 2 atom stereocenters. The summed E-state index contributed by atoms with van der Waals surface area (Å²) < 4.78 is 94.0. The number of alkyl halides is 6. The molecule has 0 aliphatic carbocycles. The summed E-state index contributed by atoms with van der Waals surface area (Å²) in [6, 6.07) is -4.81. The van der Waals surface area contributed by atoms with Crippen molar-refractivity contribution in [2.24, 2.45) is 0 Å². The van der Waals surface area contributed by atoms with Crippen LogP contribution >= 0.6 is 0 Å². The summed E-state index contributed by atoms with van der Waals surface area (Å²) in [6.45, 7) is -0.165.